The quantitative estimate of drug-likeness (QED) is 0.843. The number of aryl methyl sites for hydroxylation is 2. The second kappa shape index (κ2) is 4.49. The molecule has 0 aliphatic rings. The highest BCUT2D eigenvalue weighted by atomic mass is 16.3. The minimum atomic E-state index is 0.000278. The molecule has 0 saturated carbocycles. The number of hydrogen-bond donors (Lipinski definition) is 1. The first-order valence-electron chi connectivity index (χ1n) is 5.36. The highest BCUT2D eigenvalue weighted by Gasteiger charge is 2.19. The topological polar surface area (TPSA) is 55.9 Å². The van der Waals surface area contributed by atoms with Crippen LogP contribution in [-0.2, 0) is 13.5 Å². The van der Waals surface area contributed by atoms with Crippen molar-refractivity contribution >= 4 is 0 Å². The van der Waals surface area contributed by atoms with Crippen molar-refractivity contribution in [1.82, 2.24) is 20.3 Å². The third-order valence-electron chi connectivity index (χ3n) is 2.65. The van der Waals surface area contributed by atoms with Crippen molar-refractivity contribution in [1.29, 1.82) is 0 Å². The Balaban J connectivity index is 2.32. The average Bonchev–Trinajstić information content (AvgIpc) is 2.90. The smallest absolute Gasteiger partial charge is 0.127 e. The summed E-state index contributed by atoms with van der Waals surface area (Å²) in [6.45, 7) is 2.07. The number of nitrogens with one attached hydrogen (secondary N) is 1. The van der Waals surface area contributed by atoms with Crippen LogP contribution in [0.3, 0.4) is 0 Å². The molecular weight excluding hydrogens is 204 g/mol. The number of nitrogens with zero attached hydrogens (tertiary/aromatic N) is 3. The van der Waals surface area contributed by atoms with Crippen LogP contribution in [0.4, 0.5) is 0 Å². The Bertz CT molecular complexity index is 460. The van der Waals surface area contributed by atoms with E-state index in [4.69, 9.17) is 4.42 Å². The second-order valence-corrected chi connectivity index (χ2v) is 3.66. The van der Waals surface area contributed by atoms with Crippen LogP contribution in [0, 0.1) is 0 Å². The SMILES string of the molecule is CCc1ccc(C(NC)c2cnnn2C)o1. The number of furan rings is 1. The van der Waals surface area contributed by atoms with Gasteiger partial charge in [0.2, 0.25) is 0 Å². The molecule has 5 nitrogen and oxygen atoms in total. The van der Waals surface area contributed by atoms with Gasteiger partial charge in [-0.15, -0.1) is 5.10 Å². The van der Waals surface area contributed by atoms with E-state index < -0.39 is 0 Å². The highest BCUT2D eigenvalue weighted by Crippen LogP contribution is 2.22. The zero-order valence-electron chi connectivity index (χ0n) is 9.77. The maximum Gasteiger partial charge on any atom is 0.127 e. The molecule has 1 atom stereocenters. The molecule has 2 heterocycles. The van der Waals surface area contributed by atoms with Gasteiger partial charge in [-0.2, -0.15) is 0 Å². The Morgan fingerprint density at radius 2 is 2.31 bits per heavy atom. The zero-order valence-corrected chi connectivity index (χ0v) is 9.77. The van der Waals surface area contributed by atoms with E-state index in [0.717, 1.165) is 23.6 Å². The monoisotopic (exact) mass is 220 g/mol. The second-order valence-electron chi connectivity index (χ2n) is 3.66. The van der Waals surface area contributed by atoms with E-state index in [0.29, 0.717) is 0 Å². The molecule has 1 N–H and O–H groups in total. The first kappa shape index (κ1) is 10.9. The van der Waals surface area contributed by atoms with Gasteiger partial charge in [0.15, 0.2) is 0 Å². The molecule has 16 heavy (non-hydrogen) atoms. The van der Waals surface area contributed by atoms with Crippen molar-refractivity contribution in [2.75, 3.05) is 7.05 Å². The summed E-state index contributed by atoms with van der Waals surface area (Å²) in [5, 5.41) is 11.0. The predicted molar refractivity (Wildman–Crippen MR) is 60.0 cm³/mol. The molecule has 0 aliphatic heterocycles. The summed E-state index contributed by atoms with van der Waals surface area (Å²) in [6.07, 6.45) is 2.65. The van der Waals surface area contributed by atoms with Crippen molar-refractivity contribution in [3.63, 3.8) is 0 Å². The molecular formula is C11H16N4O. The average molecular weight is 220 g/mol. The van der Waals surface area contributed by atoms with Gasteiger partial charge in [-0.1, -0.05) is 12.1 Å². The van der Waals surface area contributed by atoms with Gasteiger partial charge >= 0.3 is 0 Å². The lowest BCUT2D eigenvalue weighted by molar-refractivity contribution is 0.423. The molecule has 5 heteroatoms. The number of aromatic nitrogens is 3. The van der Waals surface area contributed by atoms with Crippen LogP contribution >= 0.6 is 0 Å². The third kappa shape index (κ3) is 1.86. The van der Waals surface area contributed by atoms with Gasteiger partial charge in [0, 0.05) is 13.5 Å². The van der Waals surface area contributed by atoms with Crippen molar-refractivity contribution in [3.05, 3.63) is 35.5 Å². The van der Waals surface area contributed by atoms with E-state index in [9.17, 15) is 0 Å². The van der Waals surface area contributed by atoms with Crippen molar-refractivity contribution in [3.8, 4) is 0 Å². The summed E-state index contributed by atoms with van der Waals surface area (Å²) in [6, 6.07) is 4.00. The summed E-state index contributed by atoms with van der Waals surface area (Å²) < 4.78 is 7.48. The molecule has 2 aromatic rings. The third-order valence-corrected chi connectivity index (χ3v) is 2.65. The molecule has 0 aliphatic carbocycles. The first-order chi connectivity index (χ1) is 7.76. The fourth-order valence-corrected chi connectivity index (χ4v) is 1.73. The maximum atomic E-state index is 5.73. The fraction of sp³-hybridized carbons (Fsp3) is 0.455. The molecule has 0 saturated heterocycles. The zero-order chi connectivity index (χ0) is 11.5. The molecule has 1 unspecified atom stereocenters. The summed E-state index contributed by atoms with van der Waals surface area (Å²) in [5.41, 5.74) is 0.986. The van der Waals surface area contributed by atoms with E-state index in [-0.39, 0.29) is 6.04 Å². The van der Waals surface area contributed by atoms with E-state index in [2.05, 4.69) is 22.6 Å². The Kier molecular flexibility index (Phi) is 3.05. The summed E-state index contributed by atoms with van der Waals surface area (Å²) in [7, 11) is 3.77. The van der Waals surface area contributed by atoms with Gasteiger partial charge in [0.05, 0.1) is 11.9 Å². The molecule has 86 valence electrons. The molecule has 0 fully saturated rings. The fourth-order valence-electron chi connectivity index (χ4n) is 1.73. The summed E-state index contributed by atoms with van der Waals surface area (Å²) >= 11 is 0. The van der Waals surface area contributed by atoms with E-state index in [1.165, 1.54) is 0 Å². The lowest BCUT2D eigenvalue weighted by Gasteiger charge is -2.12. The van der Waals surface area contributed by atoms with E-state index >= 15 is 0 Å². The van der Waals surface area contributed by atoms with Gasteiger partial charge in [0.1, 0.15) is 17.6 Å². The van der Waals surface area contributed by atoms with Crippen LogP contribution in [0.25, 0.3) is 0 Å². The van der Waals surface area contributed by atoms with Crippen LogP contribution in [0.5, 0.6) is 0 Å². The Morgan fingerprint density at radius 3 is 2.81 bits per heavy atom. The van der Waals surface area contributed by atoms with E-state index in [1.807, 2.05) is 26.2 Å². The minimum absolute atomic E-state index is 0.000278. The molecule has 0 amide bonds. The lowest BCUT2D eigenvalue weighted by atomic mass is 10.1. The molecule has 2 aromatic heterocycles. The van der Waals surface area contributed by atoms with Gasteiger partial charge in [-0.3, -0.25) is 4.68 Å². The van der Waals surface area contributed by atoms with Crippen molar-refractivity contribution < 1.29 is 4.42 Å². The normalized spacial score (nSPS) is 12.9. The molecule has 0 radical (unpaired) electrons. The summed E-state index contributed by atoms with van der Waals surface area (Å²) in [4.78, 5) is 0. The van der Waals surface area contributed by atoms with Crippen molar-refractivity contribution in [2.45, 2.75) is 19.4 Å². The van der Waals surface area contributed by atoms with Crippen LogP contribution < -0.4 is 5.32 Å². The Morgan fingerprint density at radius 1 is 1.50 bits per heavy atom. The predicted octanol–water partition coefficient (Wildman–Crippen LogP) is 1.28. The van der Waals surface area contributed by atoms with Crippen molar-refractivity contribution in [2.24, 2.45) is 7.05 Å². The minimum Gasteiger partial charge on any atom is -0.464 e. The first-order valence-corrected chi connectivity index (χ1v) is 5.36. The molecule has 0 spiro atoms. The maximum absolute atomic E-state index is 5.73. The van der Waals surface area contributed by atoms with Crippen LogP contribution in [-0.4, -0.2) is 22.0 Å². The standard InChI is InChI=1S/C11H16N4O/c1-4-8-5-6-10(16-8)11(12-2)9-7-13-14-15(9)3/h5-7,11-12H,4H2,1-3H3. The Hall–Kier alpha value is -1.62. The Labute approximate surface area is 94.5 Å². The van der Waals surface area contributed by atoms with E-state index in [1.54, 1.807) is 10.9 Å². The van der Waals surface area contributed by atoms with Crippen LogP contribution in [0.1, 0.15) is 30.2 Å². The number of hydrogen-bond acceptors (Lipinski definition) is 4. The van der Waals surface area contributed by atoms with Gasteiger partial charge in [-0.05, 0) is 19.2 Å². The van der Waals surface area contributed by atoms with Crippen LogP contribution in [0.15, 0.2) is 22.7 Å². The highest BCUT2D eigenvalue weighted by molar-refractivity contribution is 5.19. The van der Waals surface area contributed by atoms with Gasteiger partial charge in [0.25, 0.3) is 0 Å². The summed E-state index contributed by atoms with van der Waals surface area (Å²) in [5.74, 6) is 1.88. The molecule has 0 bridgehead atoms. The van der Waals surface area contributed by atoms with Gasteiger partial charge < -0.3 is 9.73 Å². The lowest BCUT2D eigenvalue weighted by Crippen LogP contribution is -2.20. The molecule has 2 rings (SSSR count). The largest absolute Gasteiger partial charge is 0.464 e. The number of rotatable bonds is 4. The van der Waals surface area contributed by atoms with Gasteiger partial charge in [-0.25, -0.2) is 0 Å². The van der Waals surface area contributed by atoms with Crippen LogP contribution in [0.2, 0.25) is 0 Å². The molecule has 0 aromatic carbocycles.